The Morgan fingerprint density at radius 1 is 1.33 bits per heavy atom. The number of nitrogens with zero attached hydrogens (tertiary/aromatic N) is 3. The number of piperidine rings is 1. The molecule has 1 aliphatic heterocycles. The number of hydrogen-bond donors (Lipinski definition) is 1. The van der Waals surface area contributed by atoms with Crippen LogP contribution in [0.1, 0.15) is 53.5 Å². The highest BCUT2D eigenvalue weighted by Crippen LogP contribution is 2.27. The Morgan fingerprint density at radius 2 is 2.25 bits per heavy atom. The van der Waals surface area contributed by atoms with Crippen LogP contribution in [0.5, 0.6) is 0 Å². The summed E-state index contributed by atoms with van der Waals surface area (Å²) in [6.45, 7) is 2.84. The minimum Gasteiger partial charge on any atom is -0.351 e. The Labute approximate surface area is 141 Å². The Bertz CT molecular complexity index is 696. The van der Waals surface area contributed by atoms with Gasteiger partial charge in [-0.05, 0) is 44.4 Å². The van der Waals surface area contributed by atoms with Gasteiger partial charge in [-0.15, -0.1) is 0 Å². The maximum atomic E-state index is 12.0. The van der Waals surface area contributed by atoms with Gasteiger partial charge in [0.25, 0.3) is 5.91 Å². The highest BCUT2D eigenvalue weighted by molar-refractivity contribution is 5.91. The van der Waals surface area contributed by atoms with Crippen LogP contribution in [0.25, 0.3) is 0 Å². The number of amides is 1. The zero-order chi connectivity index (χ0) is 16.4. The van der Waals surface area contributed by atoms with E-state index in [1.165, 1.54) is 0 Å². The van der Waals surface area contributed by atoms with E-state index in [0.29, 0.717) is 17.7 Å². The molecule has 1 amide bonds. The Balaban J connectivity index is 1.38. The van der Waals surface area contributed by atoms with Gasteiger partial charge in [-0.2, -0.15) is 0 Å². The van der Waals surface area contributed by atoms with Crippen molar-refractivity contribution < 1.29 is 9.32 Å². The van der Waals surface area contributed by atoms with Gasteiger partial charge < -0.3 is 9.84 Å². The molecular formula is C18H22N4O2. The lowest BCUT2D eigenvalue weighted by molar-refractivity contribution is 0.0914. The molecule has 1 N–H and O–H groups in total. The van der Waals surface area contributed by atoms with E-state index in [9.17, 15) is 4.79 Å². The van der Waals surface area contributed by atoms with Crippen molar-refractivity contribution in [3.05, 3.63) is 47.6 Å². The predicted molar refractivity (Wildman–Crippen MR) is 88.5 cm³/mol. The first-order valence-corrected chi connectivity index (χ1v) is 8.67. The van der Waals surface area contributed by atoms with Gasteiger partial charge in [-0.25, -0.2) is 0 Å². The molecule has 1 saturated heterocycles. The molecule has 6 nitrogen and oxygen atoms in total. The van der Waals surface area contributed by atoms with E-state index in [1.54, 1.807) is 0 Å². The topological polar surface area (TPSA) is 71.3 Å². The molecule has 6 heteroatoms. The number of hydrogen-bond acceptors (Lipinski definition) is 5. The second-order valence-corrected chi connectivity index (χ2v) is 6.76. The van der Waals surface area contributed by atoms with Crippen molar-refractivity contribution in [2.75, 3.05) is 13.1 Å². The van der Waals surface area contributed by atoms with Crippen molar-refractivity contribution in [2.24, 2.45) is 0 Å². The van der Waals surface area contributed by atoms with Crippen LogP contribution < -0.4 is 5.32 Å². The molecule has 2 aromatic heterocycles. The number of rotatable bonds is 5. The molecule has 0 bridgehead atoms. The van der Waals surface area contributed by atoms with Gasteiger partial charge in [0.2, 0.25) is 5.76 Å². The predicted octanol–water partition coefficient (Wildman–Crippen LogP) is 2.34. The molecule has 1 aliphatic carbocycles. The lowest BCUT2D eigenvalue weighted by Crippen LogP contribution is -2.34. The first-order valence-electron chi connectivity index (χ1n) is 8.67. The minimum atomic E-state index is -0.141. The number of carbonyl (C=O) groups excluding carboxylic acids is 1. The molecule has 24 heavy (non-hydrogen) atoms. The van der Waals surface area contributed by atoms with E-state index in [4.69, 9.17) is 4.52 Å². The van der Waals surface area contributed by atoms with Crippen molar-refractivity contribution in [3.63, 3.8) is 0 Å². The minimum absolute atomic E-state index is 0.141. The largest absolute Gasteiger partial charge is 0.351 e. The van der Waals surface area contributed by atoms with Crippen molar-refractivity contribution in [2.45, 2.75) is 44.2 Å². The van der Waals surface area contributed by atoms with Gasteiger partial charge in [-0.1, -0.05) is 11.2 Å². The summed E-state index contributed by atoms with van der Waals surface area (Å²) in [6, 6.07) is 8.15. The molecule has 3 heterocycles. The Kier molecular flexibility index (Phi) is 4.30. The van der Waals surface area contributed by atoms with Crippen LogP contribution in [-0.4, -0.2) is 40.1 Å². The van der Waals surface area contributed by atoms with Crippen LogP contribution in [0.4, 0.5) is 0 Å². The zero-order valence-corrected chi connectivity index (χ0v) is 13.6. The maximum Gasteiger partial charge on any atom is 0.290 e. The summed E-state index contributed by atoms with van der Waals surface area (Å²) in [5.41, 5.74) is 1.98. The van der Waals surface area contributed by atoms with Gasteiger partial charge in [-0.3, -0.25) is 14.7 Å². The first kappa shape index (κ1) is 15.3. The monoisotopic (exact) mass is 326 g/mol. The second-order valence-electron chi connectivity index (χ2n) is 6.76. The van der Waals surface area contributed by atoms with Crippen LogP contribution in [-0.2, 0) is 6.54 Å². The third-order valence-electron chi connectivity index (χ3n) is 4.70. The normalized spacial score (nSPS) is 21.6. The number of carbonyl (C=O) groups is 1. The lowest BCUT2D eigenvalue weighted by Gasteiger charge is -2.31. The van der Waals surface area contributed by atoms with Gasteiger partial charge in [0.15, 0.2) is 0 Å². The lowest BCUT2D eigenvalue weighted by atomic mass is 9.94. The third kappa shape index (κ3) is 3.64. The van der Waals surface area contributed by atoms with E-state index in [-0.39, 0.29) is 5.91 Å². The van der Waals surface area contributed by atoms with Crippen molar-refractivity contribution >= 4 is 5.91 Å². The van der Waals surface area contributed by atoms with Gasteiger partial charge in [0.05, 0.1) is 11.4 Å². The number of pyridine rings is 1. The SMILES string of the molecule is O=C(NC1CC1)c1cc(C2CCCN(Cc3ccccn3)C2)no1. The maximum absolute atomic E-state index is 12.0. The van der Waals surface area contributed by atoms with Crippen LogP contribution in [0.3, 0.4) is 0 Å². The molecule has 0 spiro atoms. The number of aromatic nitrogens is 2. The second kappa shape index (κ2) is 6.73. The van der Waals surface area contributed by atoms with Crippen molar-refractivity contribution in [3.8, 4) is 0 Å². The standard InChI is InChI=1S/C18H22N4O2/c23-18(20-14-6-7-14)17-10-16(21-24-17)13-4-3-9-22(11-13)12-15-5-1-2-8-19-15/h1-2,5,8,10,13-14H,3-4,6-7,9,11-12H2,(H,20,23). The van der Waals surface area contributed by atoms with Gasteiger partial charge in [0.1, 0.15) is 0 Å². The van der Waals surface area contributed by atoms with Gasteiger partial charge in [0, 0.05) is 37.3 Å². The summed E-state index contributed by atoms with van der Waals surface area (Å²) >= 11 is 0. The quantitative estimate of drug-likeness (QED) is 0.913. The van der Waals surface area contributed by atoms with E-state index in [1.807, 2.05) is 24.4 Å². The zero-order valence-electron chi connectivity index (χ0n) is 13.6. The van der Waals surface area contributed by atoms with Crippen LogP contribution in [0.15, 0.2) is 35.0 Å². The molecule has 2 aliphatic rings. The average Bonchev–Trinajstić information content (AvgIpc) is 3.27. The highest BCUT2D eigenvalue weighted by Gasteiger charge is 2.28. The van der Waals surface area contributed by atoms with E-state index in [2.05, 4.69) is 26.4 Å². The van der Waals surface area contributed by atoms with Gasteiger partial charge >= 0.3 is 0 Å². The number of nitrogens with one attached hydrogen (secondary N) is 1. The van der Waals surface area contributed by atoms with Crippen molar-refractivity contribution in [1.82, 2.24) is 20.4 Å². The average molecular weight is 326 g/mol. The first-order chi connectivity index (χ1) is 11.8. The molecule has 1 saturated carbocycles. The molecule has 0 radical (unpaired) electrons. The van der Waals surface area contributed by atoms with Crippen LogP contribution in [0.2, 0.25) is 0 Å². The summed E-state index contributed by atoms with van der Waals surface area (Å²) in [4.78, 5) is 18.8. The molecule has 4 rings (SSSR count). The molecule has 126 valence electrons. The molecular weight excluding hydrogens is 304 g/mol. The molecule has 1 atom stereocenters. The summed E-state index contributed by atoms with van der Waals surface area (Å²) in [5, 5.41) is 7.09. The Morgan fingerprint density at radius 3 is 3.04 bits per heavy atom. The highest BCUT2D eigenvalue weighted by atomic mass is 16.5. The fourth-order valence-electron chi connectivity index (χ4n) is 3.23. The third-order valence-corrected chi connectivity index (χ3v) is 4.70. The Hall–Kier alpha value is -2.21. The number of likely N-dealkylation sites (tertiary alicyclic amines) is 1. The fraction of sp³-hybridized carbons (Fsp3) is 0.500. The summed E-state index contributed by atoms with van der Waals surface area (Å²) in [5.74, 6) is 0.504. The van der Waals surface area contributed by atoms with Crippen molar-refractivity contribution in [1.29, 1.82) is 0 Å². The van der Waals surface area contributed by atoms with E-state index >= 15 is 0 Å². The van der Waals surface area contributed by atoms with E-state index < -0.39 is 0 Å². The summed E-state index contributed by atoms with van der Waals surface area (Å²) in [7, 11) is 0. The van der Waals surface area contributed by atoms with Crippen LogP contribution in [0, 0.1) is 0 Å². The fourth-order valence-corrected chi connectivity index (χ4v) is 3.23. The molecule has 2 aromatic rings. The summed E-state index contributed by atoms with van der Waals surface area (Å²) < 4.78 is 5.27. The van der Waals surface area contributed by atoms with E-state index in [0.717, 1.165) is 56.7 Å². The molecule has 2 fully saturated rings. The smallest absolute Gasteiger partial charge is 0.290 e. The van der Waals surface area contributed by atoms with Crippen LogP contribution >= 0.6 is 0 Å². The summed E-state index contributed by atoms with van der Waals surface area (Å²) in [6.07, 6.45) is 6.16. The molecule has 1 unspecified atom stereocenters. The molecule has 0 aromatic carbocycles.